The Morgan fingerprint density at radius 3 is 2.30 bits per heavy atom. The normalized spacial score (nSPS) is 15.8. The number of benzene rings is 1. The number of rotatable bonds is 5. The van der Waals surface area contributed by atoms with Crippen molar-refractivity contribution in [3.05, 3.63) is 35.4 Å². The highest BCUT2D eigenvalue weighted by Crippen LogP contribution is 2.40. The molecular weight excluding hydrogens is 290 g/mol. The zero-order valence-corrected chi connectivity index (χ0v) is 14.4. The average Bonchev–Trinajstić information content (AvgIpc) is 3.23. The van der Waals surface area contributed by atoms with E-state index in [1.165, 1.54) is 24.0 Å². The van der Waals surface area contributed by atoms with Crippen LogP contribution in [0.3, 0.4) is 0 Å². The number of carbonyl (C=O) groups is 2. The lowest BCUT2D eigenvalue weighted by Crippen LogP contribution is -2.50. The van der Waals surface area contributed by atoms with Crippen LogP contribution in [0.2, 0.25) is 0 Å². The molecule has 1 aliphatic rings. The summed E-state index contributed by atoms with van der Waals surface area (Å²) in [6.07, 6.45) is 2.36. The first-order valence-electron chi connectivity index (χ1n) is 8.16. The van der Waals surface area contributed by atoms with E-state index in [1.807, 2.05) is 20.8 Å². The Kier molecular flexibility index (Phi) is 5.42. The lowest BCUT2D eigenvalue weighted by Gasteiger charge is -2.21. The van der Waals surface area contributed by atoms with Crippen molar-refractivity contribution in [3.63, 3.8) is 0 Å². The van der Waals surface area contributed by atoms with Gasteiger partial charge in [0.25, 0.3) is 0 Å². The number of hydrogen-bond donors (Lipinski definition) is 3. The summed E-state index contributed by atoms with van der Waals surface area (Å²) in [4.78, 5) is 23.6. The summed E-state index contributed by atoms with van der Waals surface area (Å²) in [6, 6.07) is 8.10. The Balaban J connectivity index is 1.86. The van der Waals surface area contributed by atoms with Gasteiger partial charge in [-0.1, -0.05) is 29.8 Å². The van der Waals surface area contributed by atoms with Gasteiger partial charge in [-0.2, -0.15) is 0 Å². The van der Waals surface area contributed by atoms with Gasteiger partial charge in [0.2, 0.25) is 5.91 Å². The highest BCUT2D eigenvalue weighted by atomic mass is 16.2. The van der Waals surface area contributed by atoms with Crippen molar-refractivity contribution in [2.75, 3.05) is 6.54 Å². The highest BCUT2D eigenvalue weighted by molar-refractivity contribution is 5.95. The van der Waals surface area contributed by atoms with Crippen molar-refractivity contribution in [1.82, 2.24) is 16.0 Å². The molecule has 126 valence electrons. The first-order chi connectivity index (χ1) is 10.7. The number of amides is 3. The Hall–Kier alpha value is -1.88. The lowest BCUT2D eigenvalue weighted by molar-refractivity contribution is -0.119. The first-order valence-corrected chi connectivity index (χ1v) is 8.16. The van der Waals surface area contributed by atoms with Crippen LogP contribution >= 0.6 is 0 Å². The summed E-state index contributed by atoms with van der Waals surface area (Å²) in [6.45, 7) is 7.80. The molecule has 1 atom stereocenters. The van der Waals surface area contributed by atoms with E-state index in [2.05, 4.69) is 47.1 Å². The van der Waals surface area contributed by atoms with Crippen LogP contribution in [0, 0.1) is 12.8 Å². The quantitative estimate of drug-likeness (QED) is 0.782. The van der Waals surface area contributed by atoms with E-state index in [0.717, 1.165) is 0 Å². The van der Waals surface area contributed by atoms with Crippen molar-refractivity contribution in [2.24, 2.45) is 5.92 Å². The maximum atomic E-state index is 11.9. The van der Waals surface area contributed by atoms with Gasteiger partial charge in [-0.05, 0) is 52.0 Å². The molecular formula is C18H27N3O2. The van der Waals surface area contributed by atoms with Crippen LogP contribution in [0.5, 0.6) is 0 Å². The minimum atomic E-state index is -0.456. The molecule has 0 radical (unpaired) electrons. The summed E-state index contributed by atoms with van der Waals surface area (Å²) in [5, 5.41) is 8.37. The third-order valence-corrected chi connectivity index (χ3v) is 3.75. The predicted molar refractivity (Wildman–Crippen MR) is 91.1 cm³/mol. The summed E-state index contributed by atoms with van der Waals surface area (Å²) in [5.74, 6) is 0.262. The Labute approximate surface area is 138 Å². The third-order valence-electron chi connectivity index (χ3n) is 3.75. The zero-order chi connectivity index (χ0) is 17.0. The summed E-state index contributed by atoms with van der Waals surface area (Å²) in [5.41, 5.74) is 2.06. The molecule has 0 spiro atoms. The minimum absolute atomic E-state index is 0.132. The van der Waals surface area contributed by atoms with Crippen molar-refractivity contribution in [1.29, 1.82) is 0 Å². The van der Waals surface area contributed by atoms with Crippen LogP contribution in [-0.4, -0.2) is 24.0 Å². The van der Waals surface area contributed by atoms with E-state index < -0.39 is 6.03 Å². The van der Waals surface area contributed by atoms with Gasteiger partial charge in [-0.3, -0.25) is 10.1 Å². The van der Waals surface area contributed by atoms with Crippen molar-refractivity contribution >= 4 is 11.9 Å². The second-order valence-corrected chi connectivity index (χ2v) is 7.36. The van der Waals surface area contributed by atoms with Gasteiger partial charge in [0.05, 0.1) is 6.54 Å². The number of aryl methyl sites for hydroxylation is 1. The number of nitrogens with one attached hydrogen (secondary N) is 3. The Morgan fingerprint density at radius 1 is 1.17 bits per heavy atom. The van der Waals surface area contributed by atoms with Gasteiger partial charge in [0.1, 0.15) is 0 Å². The number of hydrogen-bond acceptors (Lipinski definition) is 3. The maximum Gasteiger partial charge on any atom is 0.321 e. The summed E-state index contributed by atoms with van der Waals surface area (Å²) < 4.78 is 0. The maximum absolute atomic E-state index is 11.9. The fourth-order valence-electron chi connectivity index (χ4n) is 2.51. The Morgan fingerprint density at radius 2 is 1.78 bits per heavy atom. The van der Waals surface area contributed by atoms with Gasteiger partial charge < -0.3 is 10.6 Å². The highest BCUT2D eigenvalue weighted by Gasteiger charge is 2.32. The SMILES string of the molecule is Cc1ccc([C@H](NCC(=O)NC(=O)NC(C)(C)C)C2CC2)cc1. The van der Waals surface area contributed by atoms with Crippen molar-refractivity contribution in [2.45, 2.75) is 52.1 Å². The second kappa shape index (κ2) is 7.13. The molecule has 3 amide bonds. The van der Waals surface area contributed by atoms with E-state index in [-0.39, 0.29) is 24.0 Å². The van der Waals surface area contributed by atoms with E-state index in [0.29, 0.717) is 5.92 Å². The molecule has 1 aliphatic carbocycles. The third kappa shape index (κ3) is 6.02. The van der Waals surface area contributed by atoms with E-state index in [1.54, 1.807) is 0 Å². The van der Waals surface area contributed by atoms with Crippen LogP contribution in [-0.2, 0) is 4.79 Å². The van der Waals surface area contributed by atoms with Gasteiger partial charge in [0.15, 0.2) is 0 Å². The van der Waals surface area contributed by atoms with Crippen molar-refractivity contribution < 1.29 is 9.59 Å². The number of carbonyl (C=O) groups excluding carboxylic acids is 2. The Bertz CT molecular complexity index is 557. The second-order valence-electron chi connectivity index (χ2n) is 7.36. The molecule has 5 heteroatoms. The standard InChI is InChI=1S/C18H27N3O2/c1-12-5-7-13(8-6-12)16(14-9-10-14)19-11-15(22)20-17(23)21-18(2,3)4/h5-8,14,16,19H,9-11H2,1-4H3,(H2,20,21,22,23)/t16-/m0/s1. The molecule has 1 saturated carbocycles. The fraction of sp³-hybridized carbons (Fsp3) is 0.556. The fourth-order valence-corrected chi connectivity index (χ4v) is 2.51. The molecule has 0 saturated heterocycles. The molecule has 1 aromatic rings. The van der Waals surface area contributed by atoms with Crippen LogP contribution in [0.15, 0.2) is 24.3 Å². The van der Waals surface area contributed by atoms with E-state index >= 15 is 0 Å². The molecule has 0 bridgehead atoms. The molecule has 0 aromatic heterocycles. The van der Waals surface area contributed by atoms with E-state index in [4.69, 9.17) is 0 Å². The largest absolute Gasteiger partial charge is 0.333 e. The number of urea groups is 1. The van der Waals surface area contributed by atoms with Gasteiger partial charge in [-0.15, -0.1) is 0 Å². The number of imide groups is 1. The van der Waals surface area contributed by atoms with Crippen molar-refractivity contribution in [3.8, 4) is 0 Å². The van der Waals surface area contributed by atoms with Gasteiger partial charge in [-0.25, -0.2) is 4.79 Å². The predicted octanol–water partition coefficient (Wildman–Crippen LogP) is 2.66. The summed E-state index contributed by atoms with van der Waals surface area (Å²) in [7, 11) is 0. The zero-order valence-electron chi connectivity index (χ0n) is 14.4. The molecule has 2 rings (SSSR count). The molecule has 1 fully saturated rings. The molecule has 1 aromatic carbocycles. The monoisotopic (exact) mass is 317 g/mol. The summed E-state index contributed by atoms with van der Waals surface area (Å²) >= 11 is 0. The molecule has 5 nitrogen and oxygen atoms in total. The minimum Gasteiger partial charge on any atom is -0.333 e. The molecule has 0 heterocycles. The van der Waals surface area contributed by atoms with Gasteiger partial charge >= 0.3 is 6.03 Å². The molecule has 3 N–H and O–H groups in total. The van der Waals surface area contributed by atoms with E-state index in [9.17, 15) is 9.59 Å². The van der Waals surface area contributed by atoms with Crippen LogP contribution in [0.1, 0.15) is 50.8 Å². The van der Waals surface area contributed by atoms with Gasteiger partial charge in [0, 0.05) is 11.6 Å². The van der Waals surface area contributed by atoms with Crippen LogP contribution < -0.4 is 16.0 Å². The molecule has 0 aliphatic heterocycles. The smallest absolute Gasteiger partial charge is 0.321 e. The first kappa shape index (κ1) is 17.5. The molecule has 23 heavy (non-hydrogen) atoms. The molecule has 0 unspecified atom stereocenters. The van der Waals surface area contributed by atoms with Crippen LogP contribution in [0.25, 0.3) is 0 Å². The lowest BCUT2D eigenvalue weighted by atomic mass is 10.0. The van der Waals surface area contributed by atoms with Crippen LogP contribution in [0.4, 0.5) is 4.79 Å². The average molecular weight is 317 g/mol. The topological polar surface area (TPSA) is 70.2 Å².